The van der Waals surface area contributed by atoms with E-state index in [1.165, 1.54) is 10.9 Å². The molecule has 3 rings (SSSR count). The van der Waals surface area contributed by atoms with Crippen molar-refractivity contribution in [2.24, 2.45) is 4.99 Å². The summed E-state index contributed by atoms with van der Waals surface area (Å²) in [5.74, 6) is 1.57. The van der Waals surface area contributed by atoms with Crippen LogP contribution in [0.5, 0.6) is 11.5 Å². The molecule has 0 radical (unpaired) electrons. The van der Waals surface area contributed by atoms with E-state index >= 15 is 0 Å². The summed E-state index contributed by atoms with van der Waals surface area (Å²) in [6, 6.07) is 22.6. The maximum absolute atomic E-state index is 6.21. The van der Waals surface area contributed by atoms with Gasteiger partial charge in [-0.3, -0.25) is 4.99 Å². The number of hydrogen-bond acceptors (Lipinski definition) is 3. The number of rotatable bonds is 7. The molecular formula is C23H24NO2P. The van der Waals surface area contributed by atoms with Crippen molar-refractivity contribution in [3.05, 3.63) is 83.4 Å². The van der Waals surface area contributed by atoms with Crippen LogP contribution in [0.3, 0.4) is 0 Å². The number of ether oxygens (including phenoxy) is 2. The van der Waals surface area contributed by atoms with E-state index in [0.717, 1.165) is 27.9 Å². The van der Waals surface area contributed by atoms with Crippen molar-refractivity contribution in [1.29, 1.82) is 0 Å². The average molecular weight is 377 g/mol. The minimum absolute atomic E-state index is 0.454. The van der Waals surface area contributed by atoms with Gasteiger partial charge in [0.2, 0.25) is 0 Å². The highest BCUT2D eigenvalue weighted by Gasteiger charge is 2.14. The molecule has 4 heteroatoms. The van der Waals surface area contributed by atoms with E-state index in [-0.39, 0.29) is 0 Å². The number of nitrogens with zero attached hydrogens (tertiary/aromatic N) is 1. The normalized spacial score (nSPS) is 11.4. The Morgan fingerprint density at radius 2 is 1.74 bits per heavy atom. The first-order chi connectivity index (χ1) is 13.2. The van der Waals surface area contributed by atoms with Crippen LogP contribution in [-0.4, -0.2) is 20.4 Å². The predicted octanol–water partition coefficient (Wildman–Crippen LogP) is 4.26. The predicted molar refractivity (Wildman–Crippen MR) is 116 cm³/mol. The number of aliphatic imine (C=N–C) groups is 1. The van der Waals surface area contributed by atoms with E-state index in [1.807, 2.05) is 36.5 Å². The Kier molecular flexibility index (Phi) is 6.62. The van der Waals surface area contributed by atoms with Gasteiger partial charge in [-0.2, -0.15) is 0 Å². The molecule has 0 saturated carbocycles. The molecule has 0 fully saturated rings. The number of methoxy groups -OCH3 is 1. The quantitative estimate of drug-likeness (QED) is 0.455. The van der Waals surface area contributed by atoms with Crippen LogP contribution in [0, 0.1) is 6.92 Å². The molecule has 0 heterocycles. The van der Waals surface area contributed by atoms with E-state index < -0.39 is 0 Å². The first-order valence-corrected chi connectivity index (χ1v) is 9.85. The minimum Gasteiger partial charge on any atom is -0.493 e. The van der Waals surface area contributed by atoms with E-state index in [0.29, 0.717) is 15.2 Å². The Morgan fingerprint density at radius 1 is 0.963 bits per heavy atom. The van der Waals surface area contributed by atoms with Crippen LogP contribution in [0.15, 0.2) is 71.7 Å². The lowest BCUT2D eigenvalue weighted by atomic mass is 10.1. The molecule has 0 aliphatic carbocycles. The standard InChI is InChI=1S/C23H24NO2P/c1-17-9-7-12-19(15-24-2)23(17)27-21-14-8-13-20(25-3)22(21)26-16-18-10-5-4-6-11-18/h4-15,27H,16H2,1-3H3/b24-15+. The van der Waals surface area contributed by atoms with Crippen LogP contribution in [0.4, 0.5) is 0 Å². The van der Waals surface area contributed by atoms with E-state index in [2.05, 4.69) is 48.3 Å². The summed E-state index contributed by atoms with van der Waals surface area (Å²) in [7, 11) is 3.94. The molecule has 0 amide bonds. The van der Waals surface area contributed by atoms with E-state index in [9.17, 15) is 0 Å². The van der Waals surface area contributed by atoms with Crippen molar-refractivity contribution in [3.63, 3.8) is 0 Å². The monoisotopic (exact) mass is 377 g/mol. The lowest BCUT2D eigenvalue weighted by molar-refractivity contribution is 0.287. The molecule has 1 unspecified atom stereocenters. The highest BCUT2D eigenvalue weighted by atomic mass is 31.1. The fraction of sp³-hybridized carbons (Fsp3) is 0.174. The molecular weight excluding hydrogens is 353 g/mol. The van der Waals surface area contributed by atoms with Gasteiger partial charge in [-0.15, -0.1) is 0 Å². The van der Waals surface area contributed by atoms with E-state index in [4.69, 9.17) is 9.47 Å². The first-order valence-electron chi connectivity index (χ1n) is 8.85. The highest BCUT2D eigenvalue weighted by molar-refractivity contribution is 7.56. The minimum atomic E-state index is 0.454. The van der Waals surface area contributed by atoms with Gasteiger partial charge in [0, 0.05) is 24.1 Å². The van der Waals surface area contributed by atoms with Crippen LogP contribution < -0.4 is 20.1 Å². The third-order valence-electron chi connectivity index (χ3n) is 4.26. The zero-order valence-corrected chi connectivity index (χ0v) is 16.9. The average Bonchev–Trinajstić information content (AvgIpc) is 2.70. The zero-order valence-electron chi connectivity index (χ0n) is 15.9. The van der Waals surface area contributed by atoms with Gasteiger partial charge >= 0.3 is 0 Å². The Hall–Kier alpha value is -2.64. The summed E-state index contributed by atoms with van der Waals surface area (Å²) < 4.78 is 11.8. The van der Waals surface area contributed by atoms with Crippen LogP contribution in [0.25, 0.3) is 0 Å². The summed E-state index contributed by atoms with van der Waals surface area (Å²) in [5, 5.41) is 2.41. The van der Waals surface area contributed by atoms with Crippen molar-refractivity contribution in [1.82, 2.24) is 0 Å². The molecule has 27 heavy (non-hydrogen) atoms. The van der Waals surface area contributed by atoms with Gasteiger partial charge in [-0.25, -0.2) is 0 Å². The molecule has 138 valence electrons. The Morgan fingerprint density at radius 3 is 2.48 bits per heavy atom. The maximum atomic E-state index is 6.21. The third kappa shape index (κ3) is 4.75. The molecule has 0 spiro atoms. The number of aryl methyl sites for hydroxylation is 1. The largest absolute Gasteiger partial charge is 0.493 e. The summed E-state index contributed by atoms with van der Waals surface area (Å²) in [6.45, 7) is 2.65. The lowest BCUT2D eigenvalue weighted by Crippen LogP contribution is -2.15. The summed E-state index contributed by atoms with van der Waals surface area (Å²) in [4.78, 5) is 4.20. The second-order valence-corrected chi connectivity index (χ2v) is 7.45. The van der Waals surface area contributed by atoms with Gasteiger partial charge in [0.1, 0.15) is 6.61 Å². The highest BCUT2D eigenvalue weighted by Crippen LogP contribution is 2.31. The van der Waals surface area contributed by atoms with Gasteiger partial charge in [0.25, 0.3) is 0 Å². The van der Waals surface area contributed by atoms with Crippen LogP contribution in [-0.2, 0) is 6.61 Å². The van der Waals surface area contributed by atoms with Gasteiger partial charge in [0.15, 0.2) is 11.5 Å². The van der Waals surface area contributed by atoms with Crippen LogP contribution in [0.2, 0.25) is 0 Å². The molecule has 0 bridgehead atoms. The molecule has 3 aromatic rings. The Balaban J connectivity index is 1.94. The summed E-state index contributed by atoms with van der Waals surface area (Å²) in [6.07, 6.45) is 1.92. The molecule has 1 atom stereocenters. The second kappa shape index (κ2) is 9.34. The fourth-order valence-electron chi connectivity index (χ4n) is 2.90. The molecule has 0 aliphatic heterocycles. The molecule has 3 nitrogen and oxygen atoms in total. The van der Waals surface area contributed by atoms with Crippen LogP contribution >= 0.6 is 8.58 Å². The SMILES string of the molecule is C/N=C/c1cccc(C)c1Pc1cccc(OC)c1OCc1ccccc1. The van der Waals surface area contributed by atoms with Gasteiger partial charge < -0.3 is 9.47 Å². The molecule has 0 N–H and O–H groups in total. The lowest BCUT2D eigenvalue weighted by Gasteiger charge is -2.17. The summed E-state index contributed by atoms with van der Waals surface area (Å²) >= 11 is 0. The van der Waals surface area contributed by atoms with Gasteiger partial charge in [0.05, 0.1) is 7.11 Å². The van der Waals surface area contributed by atoms with E-state index in [1.54, 1.807) is 14.2 Å². The number of benzene rings is 3. The van der Waals surface area contributed by atoms with Crippen LogP contribution in [0.1, 0.15) is 16.7 Å². The summed E-state index contributed by atoms with van der Waals surface area (Å²) in [5.41, 5.74) is 3.53. The second-order valence-electron chi connectivity index (χ2n) is 6.16. The zero-order chi connectivity index (χ0) is 19.1. The molecule has 3 aromatic carbocycles. The van der Waals surface area contributed by atoms with Crippen molar-refractivity contribution < 1.29 is 9.47 Å². The topological polar surface area (TPSA) is 30.8 Å². The van der Waals surface area contributed by atoms with Crippen molar-refractivity contribution in [2.75, 3.05) is 14.2 Å². The molecule has 0 aliphatic rings. The van der Waals surface area contributed by atoms with Crippen molar-refractivity contribution in [2.45, 2.75) is 13.5 Å². The Labute approximate surface area is 162 Å². The molecule has 0 saturated heterocycles. The fourth-order valence-corrected chi connectivity index (χ4v) is 4.23. The molecule has 0 aromatic heterocycles. The van der Waals surface area contributed by atoms with Gasteiger partial charge in [-0.1, -0.05) is 69.2 Å². The number of para-hydroxylation sites is 1. The number of hydrogen-bond donors (Lipinski definition) is 0. The smallest absolute Gasteiger partial charge is 0.169 e. The first kappa shape index (κ1) is 19.1. The third-order valence-corrected chi connectivity index (χ3v) is 5.85. The maximum Gasteiger partial charge on any atom is 0.169 e. The van der Waals surface area contributed by atoms with Crippen molar-refractivity contribution in [3.8, 4) is 11.5 Å². The Bertz CT molecular complexity index is 923. The van der Waals surface area contributed by atoms with Gasteiger partial charge in [-0.05, 0) is 29.4 Å². The van der Waals surface area contributed by atoms with Crippen molar-refractivity contribution >= 4 is 25.4 Å².